The number of nitrogens with one attached hydrogen (secondary N) is 1. The molecule has 0 spiro atoms. The van der Waals surface area contributed by atoms with E-state index < -0.39 is 10.0 Å². The second kappa shape index (κ2) is 8.08. The average molecular weight is 408 g/mol. The molecule has 27 heavy (non-hydrogen) atoms. The van der Waals surface area contributed by atoms with Crippen molar-refractivity contribution in [3.8, 4) is 0 Å². The van der Waals surface area contributed by atoms with E-state index in [-0.39, 0.29) is 16.8 Å². The van der Waals surface area contributed by atoms with Gasteiger partial charge in [0.15, 0.2) is 0 Å². The Morgan fingerprint density at radius 1 is 1.26 bits per heavy atom. The first-order valence-corrected chi connectivity index (χ1v) is 11.5. The number of nitrogens with zero attached hydrogens (tertiary/aromatic N) is 2. The van der Waals surface area contributed by atoms with Gasteiger partial charge in [-0.3, -0.25) is 4.79 Å². The number of rotatable bonds is 8. The molecule has 1 aromatic heterocycles. The van der Waals surface area contributed by atoms with Crippen molar-refractivity contribution in [3.63, 3.8) is 0 Å². The maximum Gasteiger partial charge on any atom is 0.263 e. The Morgan fingerprint density at radius 3 is 2.44 bits per heavy atom. The van der Waals surface area contributed by atoms with Crippen LogP contribution in [0.5, 0.6) is 0 Å². The van der Waals surface area contributed by atoms with E-state index in [9.17, 15) is 13.2 Å². The van der Waals surface area contributed by atoms with Gasteiger partial charge in [0.25, 0.3) is 5.91 Å². The minimum absolute atomic E-state index is 0.147. The number of hydrogen-bond acceptors (Lipinski definition) is 5. The zero-order valence-corrected chi connectivity index (χ0v) is 17.4. The van der Waals surface area contributed by atoms with Crippen LogP contribution in [0.1, 0.15) is 65.8 Å². The standard InChI is InChI=1S/C19H25N3O3S2/c1-4-22(5-2)27(24,25)16-10-8-14(9-11-16)13(3)21-18(23)17-12-20-19(26-17)15-6-7-15/h8-13,15H,4-7H2,1-3H3,(H,21,23). The van der Waals surface area contributed by atoms with Gasteiger partial charge in [-0.25, -0.2) is 13.4 Å². The summed E-state index contributed by atoms with van der Waals surface area (Å²) in [6, 6.07) is 6.48. The molecule has 0 aliphatic heterocycles. The van der Waals surface area contributed by atoms with Crippen LogP contribution in [0.25, 0.3) is 0 Å². The lowest BCUT2D eigenvalue weighted by atomic mass is 10.1. The van der Waals surface area contributed by atoms with Crippen molar-refractivity contribution in [1.82, 2.24) is 14.6 Å². The Hall–Kier alpha value is -1.77. The minimum Gasteiger partial charge on any atom is -0.345 e. The van der Waals surface area contributed by atoms with Crippen LogP contribution in [0.3, 0.4) is 0 Å². The van der Waals surface area contributed by atoms with Crippen LogP contribution in [-0.4, -0.2) is 36.7 Å². The quantitative estimate of drug-likeness (QED) is 0.726. The third-order valence-electron chi connectivity index (χ3n) is 4.74. The van der Waals surface area contributed by atoms with E-state index in [0.29, 0.717) is 23.9 Å². The second-order valence-electron chi connectivity index (χ2n) is 6.69. The summed E-state index contributed by atoms with van der Waals surface area (Å²) in [4.78, 5) is 17.7. The zero-order valence-electron chi connectivity index (χ0n) is 15.8. The van der Waals surface area contributed by atoms with Crippen molar-refractivity contribution < 1.29 is 13.2 Å². The highest BCUT2D eigenvalue weighted by Crippen LogP contribution is 2.41. The van der Waals surface area contributed by atoms with E-state index in [1.807, 2.05) is 20.8 Å². The monoisotopic (exact) mass is 407 g/mol. The molecule has 1 atom stereocenters. The fourth-order valence-corrected chi connectivity index (χ4v) is 5.35. The highest BCUT2D eigenvalue weighted by molar-refractivity contribution is 7.89. The first-order chi connectivity index (χ1) is 12.9. The molecule has 1 unspecified atom stereocenters. The van der Waals surface area contributed by atoms with E-state index in [4.69, 9.17) is 0 Å². The van der Waals surface area contributed by atoms with Crippen LogP contribution in [0.15, 0.2) is 35.4 Å². The number of sulfonamides is 1. The van der Waals surface area contributed by atoms with Gasteiger partial charge in [0.05, 0.1) is 22.1 Å². The molecule has 1 fully saturated rings. The van der Waals surface area contributed by atoms with Crippen molar-refractivity contribution in [2.24, 2.45) is 0 Å². The highest BCUT2D eigenvalue weighted by Gasteiger charge is 2.28. The fourth-order valence-electron chi connectivity index (χ4n) is 2.90. The Labute approximate surface area is 164 Å². The zero-order chi connectivity index (χ0) is 19.6. The van der Waals surface area contributed by atoms with Gasteiger partial charge in [0.1, 0.15) is 4.88 Å². The first-order valence-electron chi connectivity index (χ1n) is 9.23. The van der Waals surface area contributed by atoms with Gasteiger partial charge in [-0.2, -0.15) is 4.31 Å². The molecule has 0 radical (unpaired) electrons. The normalized spacial score (nSPS) is 15.7. The number of carbonyl (C=O) groups is 1. The third-order valence-corrected chi connectivity index (χ3v) is 7.97. The van der Waals surface area contributed by atoms with E-state index in [1.165, 1.54) is 15.6 Å². The van der Waals surface area contributed by atoms with Crippen LogP contribution >= 0.6 is 11.3 Å². The van der Waals surface area contributed by atoms with Crippen molar-refractivity contribution in [1.29, 1.82) is 0 Å². The number of amides is 1. The average Bonchev–Trinajstić information content (AvgIpc) is 3.39. The van der Waals surface area contributed by atoms with E-state index in [0.717, 1.165) is 23.4 Å². The lowest BCUT2D eigenvalue weighted by molar-refractivity contribution is 0.0943. The molecule has 146 valence electrons. The lowest BCUT2D eigenvalue weighted by Gasteiger charge is -2.19. The van der Waals surface area contributed by atoms with Crippen molar-refractivity contribution >= 4 is 27.3 Å². The van der Waals surface area contributed by atoms with Gasteiger partial charge in [0, 0.05) is 19.0 Å². The number of carbonyl (C=O) groups excluding carboxylic acids is 1. The van der Waals surface area contributed by atoms with Gasteiger partial charge in [-0.05, 0) is 37.5 Å². The third kappa shape index (κ3) is 4.39. The predicted octanol–water partition coefficient (Wildman–Crippen LogP) is 3.54. The summed E-state index contributed by atoms with van der Waals surface area (Å²) in [5.74, 6) is 0.390. The minimum atomic E-state index is -3.47. The molecule has 0 saturated heterocycles. The highest BCUT2D eigenvalue weighted by atomic mass is 32.2. The fraction of sp³-hybridized carbons (Fsp3) is 0.474. The molecular formula is C19H25N3O3S2. The number of aromatic nitrogens is 1. The molecule has 1 N–H and O–H groups in total. The number of benzene rings is 1. The Balaban J connectivity index is 1.67. The SMILES string of the molecule is CCN(CC)S(=O)(=O)c1ccc(C(C)NC(=O)c2cnc(C3CC3)s2)cc1. The number of hydrogen-bond donors (Lipinski definition) is 1. The van der Waals surface area contributed by atoms with Crippen LogP contribution in [-0.2, 0) is 10.0 Å². The molecule has 8 heteroatoms. The topological polar surface area (TPSA) is 79.4 Å². The smallest absolute Gasteiger partial charge is 0.263 e. The molecule has 3 rings (SSSR count). The van der Waals surface area contributed by atoms with E-state index >= 15 is 0 Å². The van der Waals surface area contributed by atoms with E-state index in [1.54, 1.807) is 30.5 Å². The molecular weight excluding hydrogens is 382 g/mol. The molecule has 1 amide bonds. The molecule has 1 aliphatic rings. The molecule has 6 nitrogen and oxygen atoms in total. The van der Waals surface area contributed by atoms with Gasteiger partial charge in [-0.15, -0.1) is 11.3 Å². The number of thiazole rings is 1. The summed E-state index contributed by atoms with van der Waals surface area (Å²) >= 11 is 1.45. The van der Waals surface area contributed by atoms with Gasteiger partial charge < -0.3 is 5.32 Å². The first kappa shape index (κ1) is 20.0. The Morgan fingerprint density at radius 2 is 1.89 bits per heavy atom. The van der Waals surface area contributed by atoms with Gasteiger partial charge in [-0.1, -0.05) is 26.0 Å². The molecule has 2 aromatic rings. The van der Waals surface area contributed by atoms with Gasteiger partial charge in [0.2, 0.25) is 10.0 Å². The van der Waals surface area contributed by atoms with E-state index in [2.05, 4.69) is 10.3 Å². The summed E-state index contributed by atoms with van der Waals surface area (Å²) in [6.07, 6.45) is 3.96. The summed E-state index contributed by atoms with van der Waals surface area (Å²) in [5.41, 5.74) is 0.855. The Bertz CT molecular complexity index is 899. The molecule has 1 heterocycles. The van der Waals surface area contributed by atoms with Crippen molar-refractivity contribution in [3.05, 3.63) is 45.9 Å². The summed E-state index contributed by atoms with van der Waals surface area (Å²) in [5, 5.41) is 4.00. The van der Waals surface area contributed by atoms with Crippen LogP contribution < -0.4 is 5.32 Å². The van der Waals surface area contributed by atoms with Crippen LogP contribution in [0.4, 0.5) is 0 Å². The maximum atomic E-state index is 12.6. The molecule has 1 saturated carbocycles. The van der Waals surface area contributed by atoms with Crippen LogP contribution in [0, 0.1) is 0 Å². The van der Waals surface area contributed by atoms with Gasteiger partial charge >= 0.3 is 0 Å². The second-order valence-corrected chi connectivity index (χ2v) is 9.69. The van der Waals surface area contributed by atoms with Crippen molar-refractivity contribution in [2.45, 2.75) is 50.5 Å². The largest absolute Gasteiger partial charge is 0.345 e. The Kier molecular flexibility index (Phi) is 5.98. The molecule has 1 aromatic carbocycles. The predicted molar refractivity (Wildman–Crippen MR) is 107 cm³/mol. The summed E-state index contributed by atoms with van der Waals surface area (Å²) in [7, 11) is -3.47. The molecule has 1 aliphatic carbocycles. The van der Waals surface area contributed by atoms with Crippen molar-refractivity contribution in [2.75, 3.05) is 13.1 Å². The summed E-state index contributed by atoms with van der Waals surface area (Å²) < 4.78 is 26.5. The maximum absolute atomic E-state index is 12.6. The molecule has 0 bridgehead atoms. The van der Waals surface area contributed by atoms with Crippen LogP contribution in [0.2, 0.25) is 0 Å². The summed E-state index contributed by atoms with van der Waals surface area (Å²) in [6.45, 7) is 6.40. The lowest BCUT2D eigenvalue weighted by Crippen LogP contribution is -2.30.